The molecule has 1 aromatic carbocycles. The van der Waals surface area contributed by atoms with Crippen molar-refractivity contribution in [3.63, 3.8) is 0 Å². The second-order valence-electron chi connectivity index (χ2n) is 6.03. The molecule has 2 heterocycles. The molecule has 0 bridgehead atoms. The summed E-state index contributed by atoms with van der Waals surface area (Å²) in [6, 6.07) is 11.0. The Labute approximate surface area is 145 Å². The van der Waals surface area contributed by atoms with Crippen LogP contribution < -0.4 is 10.9 Å². The molecule has 132 valence electrons. The highest BCUT2D eigenvalue weighted by Crippen LogP contribution is 2.24. The standard InChI is InChI=1S/C18H21N3O4/c1-12-10-21(11-16(25-12)14-6-4-3-5-7-14)18(23)20-19-17(22)15-8-9-24-13(15)2/h3-9,12,16H,10-11H2,1-2H3,(H,19,22)(H,20,23)/t12-,16-/m0/s1. The number of morpholine rings is 1. The van der Waals surface area contributed by atoms with E-state index in [0.29, 0.717) is 24.4 Å². The smallest absolute Gasteiger partial charge is 0.336 e. The second kappa shape index (κ2) is 7.40. The van der Waals surface area contributed by atoms with Gasteiger partial charge in [0, 0.05) is 6.54 Å². The summed E-state index contributed by atoms with van der Waals surface area (Å²) < 4.78 is 11.0. The number of amides is 3. The molecule has 2 N–H and O–H groups in total. The first kappa shape index (κ1) is 17.0. The first-order valence-corrected chi connectivity index (χ1v) is 8.14. The van der Waals surface area contributed by atoms with Gasteiger partial charge in [0.05, 0.1) is 24.5 Å². The Morgan fingerprint density at radius 2 is 1.88 bits per heavy atom. The van der Waals surface area contributed by atoms with Gasteiger partial charge in [-0.1, -0.05) is 30.3 Å². The molecule has 7 nitrogen and oxygen atoms in total. The maximum atomic E-state index is 12.4. The summed E-state index contributed by atoms with van der Waals surface area (Å²) in [6.07, 6.45) is 1.14. The molecule has 1 saturated heterocycles. The summed E-state index contributed by atoms with van der Waals surface area (Å²) in [5.74, 6) is 0.0800. The van der Waals surface area contributed by atoms with E-state index in [1.54, 1.807) is 17.9 Å². The van der Waals surface area contributed by atoms with Gasteiger partial charge in [0.1, 0.15) is 11.9 Å². The lowest BCUT2D eigenvalue weighted by Crippen LogP contribution is -2.54. The number of benzene rings is 1. The van der Waals surface area contributed by atoms with Crippen molar-refractivity contribution in [1.29, 1.82) is 0 Å². The van der Waals surface area contributed by atoms with E-state index < -0.39 is 5.91 Å². The van der Waals surface area contributed by atoms with Crippen molar-refractivity contribution < 1.29 is 18.7 Å². The minimum atomic E-state index is -0.416. The molecule has 1 aromatic heterocycles. The number of ether oxygens (including phenoxy) is 1. The number of furan rings is 1. The fourth-order valence-corrected chi connectivity index (χ4v) is 2.85. The lowest BCUT2D eigenvalue weighted by molar-refractivity contribution is -0.0658. The fraction of sp³-hybridized carbons (Fsp3) is 0.333. The van der Waals surface area contributed by atoms with Crippen LogP contribution in [-0.2, 0) is 4.74 Å². The largest absolute Gasteiger partial charge is 0.469 e. The Morgan fingerprint density at radius 3 is 2.56 bits per heavy atom. The van der Waals surface area contributed by atoms with Crippen LogP contribution in [0.15, 0.2) is 47.1 Å². The monoisotopic (exact) mass is 343 g/mol. The van der Waals surface area contributed by atoms with Crippen LogP contribution in [0.5, 0.6) is 0 Å². The highest BCUT2D eigenvalue weighted by molar-refractivity contribution is 5.96. The highest BCUT2D eigenvalue weighted by atomic mass is 16.5. The van der Waals surface area contributed by atoms with Crippen molar-refractivity contribution in [2.75, 3.05) is 13.1 Å². The summed E-state index contributed by atoms with van der Waals surface area (Å²) in [7, 11) is 0. The van der Waals surface area contributed by atoms with Crippen LogP contribution in [0.25, 0.3) is 0 Å². The van der Waals surface area contributed by atoms with Crippen LogP contribution in [0.3, 0.4) is 0 Å². The van der Waals surface area contributed by atoms with Gasteiger partial charge in [-0.2, -0.15) is 0 Å². The van der Waals surface area contributed by atoms with E-state index in [2.05, 4.69) is 10.9 Å². The van der Waals surface area contributed by atoms with Crippen molar-refractivity contribution in [3.05, 3.63) is 59.5 Å². The molecule has 0 aliphatic carbocycles. The Hall–Kier alpha value is -2.80. The molecule has 1 aliphatic rings. The van der Waals surface area contributed by atoms with E-state index >= 15 is 0 Å². The van der Waals surface area contributed by atoms with Gasteiger partial charge in [0.2, 0.25) is 0 Å². The molecule has 1 aliphatic heterocycles. The number of urea groups is 1. The molecular formula is C18H21N3O4. The number of hydrazine groups is 1. The van der Waals surface area contributed by atoms with Gasteiger partial charge in [-0.15, -0.1) is 0 Å². The molecule has 2 aromatic rings. The van der Waals surface area contributed by atoms with Crippen LogP contribution in [0, 0.1) is 6.92 Å². The number of carbonyl (C=O) groups excluding carboxylic acids is 2. The van der Waals surface area contributed by atoms with Crippen molar-refractivity contribution in [3.8, 4) is 0 Å². The van der Waals surface area contributed by atoms with Crippen LogP contribution in [0.4, 0.5) is 4.79 Å². The fourth-order valence-electron chi connectivity index (χ4n) is 2.85. The molecule has 2 atom stereocenters. The normalized spacial score (nSPS) is 20.2. The molecule has 0 radical (unpaired) electrons. The molecule has 3 amide bonds. The first-order valence-electron chi connectivity index (χ1n) is 8.14. The number of rotatable bonds is 2. The maximum Gasteiger partial charge on any atom is 0.336 e. The average molecular weight is 343 g/mol. The third-order valence-electron chi connectivity index (χ3n) is 4.11. The van der Waals surface area contributed by atoms with Gasteiger partial charge in [-0.25, -0.2) is 10.2 Å². The molecule has 0 saturated carbocycles. The quantitative estimate of drug-likeness (QED) is 0.820. The van der Waals surface area contributed by atoms with E-state index in [0.717, 1.165) is 5.56 Å². The van der Waals surface area contributed by atoms with E-state index in [1.807, 2.05) is 37.3 Å². The Kier molecular flexibility index (Phi) is 5.04. The number of carbonyl (C=O) groups is 2. The number of nitrogens with one attached hydrogen (secondary N) is 2. The SMILES string of the molecule is Cc1occc1C(=O)NNC(=O)N1C[C@@H](c2ccccc2)O[C@@H](C)C1. The number of hydrogen-bond acceptors (Lipinski definition) is 4. The third kappa shape index (κ3) is 4.00. The summed E-state index contributed by atoms with van der Waals surface area (Å²) in [6.45, 7) is 4.48. The Balaban J connectivity index is 1.59. The van der Waals surface area contributed by atoms with Crippen LogP contribution >= 0.6 is 0 Å². The highest BCUT2D eigenvalue weighted by Gasteiger charge is 2.29. The van der Waals surface area contributed by atoms with Crippen molar-refractivity contribution >= 4 is 11.9 Å². The first-order chi connectivity index (χ1) is 12.0. The van der Waals surface area contributed by atoms with Gasteiger partial charge in [0.15, 0.2) is 0 Å². The molecule has 0 unspecified atom stereocenters. The lowest BCUT2D eigenvalue weighted by atomic mass is 10.1. The molecule has 25 heavy (non-hydrogen) atoms. The number of aryl methyl sites for hydroxylation is 1. The van der Waals surface area contributed by atoms with Gasteiger partial charge in [0.25, 0.3) is 5.91 Å². The van der Waals surface area contributed by atoms with Crippen LogP contribution in [0.2, 0.25) is 0 Å². The third-order valence-corrected chi connectivity index (χ3v) is 4.11. The minimum Gasteiger partial charge on any atom is -0.469 e. The van der Waals surface area contributed by atoms with E-state index in [-0.39, 0.29) is 18.2 Å². The van der Waals surface area contributed by atoms with Gasteiger partial charge >= 0.3 is 6.03 Å². The van der Waals surface area contributed by atoms with Crippen molar-refractivity contribution in [2.45, 2.75) is 26.1 Å². The summed E-state index contributed by atoms with van der Waals surface area (Å²) in [5.41, 5.74) is 6.27. The minimum absolute atomic E-state index is 0.100. The maximum absolute atomic E-state index is 12.4. The van der Waals surface area contributed by atoms with Crippen molar-refractivity contribution in [2.24, 2.45) is 0 Å². The molecular weight excluding hydrogens is 322 g/mol. The van der Waals surface area contributed by atoms with Gasteiger partial charge < -0.3 is 14.1 Å². The Bertz CT molecular complexity index is 744. The van der Waals surface area contributed by atoms with E-state index in [1.165, 1.54) is 6.26 Å². The Morgan fingerprint density at radius 1 is 1.12 bits per heavy atom. The van der Waals surface area contributed by atoms with Crippen LogP contribution in [-0.4, -0.2) is 36.0 Å². The molecule has 7 heteroatoms. The topological polar surface area (TPSA) is 83.8 Å². The van der Waals surface area contributed by atoms with E-state index in [4.69, 9.17) is 9.15 Å². The average Bonchev–Trinajstić information content (AvgIpc) is 3.05. The lowest BCUT2D eigenvalue weighted by Gasteiger charge is -2.36. The van der Waals surface area contributed by atoms with Gasteiger partial charge in [-0.3, -0.25) is 10.2 Å². The predicted octanol–water partition coefficient (Wildman–Crippen LogP) is 2.40. The zero-order chi connectivity index (χ0) is 17.8. The zero-order valence-corrected chi connectivity index (χ0v) is 14.2. The molecule has 1 fully saturated rings. The van der Waals surface area contributed by atoms with E-state index in [9.17, 15) is 9.59 Å². The molecule has 3 rings (SSSR count). The summed E-state index contributed by atoms with van der Waals surface area (Å²) in [4.78, 5) is 26.1. The molecule has 0 spiro atoms. The second-order valence-corrected chi connectivity index (χ2v) is 6.03. The number of hydrogen-bond donors (Lipinski definition) is 2. The summed E-state index contributed by atoms with van der Waals surface area (Å²) in [5, 5.41) is 0. The number of nitrogens with zero attached hydrogens (tertiary/aromatic N) is 1. The predicted molar refractivity (Wildman–Crippen MR) is 90.7 cm³/mol. The summed E-state index contributed by atoms with van der Waals surface area (Å²) >= 11 is 0. The van der Waals surface area contributed by atoms with Crippen LogP contribution in [0.1, 0.15) is 34.7 Å². The van der Waals surface area contributed by atoms with Gasteiger partial charge in [-0.05, 0) is 25.5 Å². The van der Waals surface area contributed by atoms with Crippen molar-refractivity contribution in [1.82, 2.24) is 15.8 Å². The zero-order valence-electron chi connectivity index (χ0n) is 14.2.